The zero-order valence-electron chi connectivity index (χ0n) is 12.1. The van der Waals surface area contributed by atoms with Crippen molar-refractivity contribution >= 4 is 0 Å². The number of benzene rings is 2. The van der Waals surface area contributed by atoms with E-state index in [2.05, 4.69) is 30.3 Å². The Morgan fingerprint density at radius 3 is 2.81 bits per heavy atom. The smallest absolute Gasteiger partial charge is 0.128 e. The van der Waals surface area contributed by atoms with E-state index in [1.165, 1.54) is 16.7 Å². The summed E-state index contributed by atoms with van der Waals surface area (Å²) in [5.41, 5.74) is 4.89. The van der Waals surface area contributed by atoms with Gasteiger partial charge in [0.25, 0.3) is 0 Å². The monoisotopic (exact) mass is 280 g/mol. The molecular weight excluding hydrogens is 260 g/mol. The molecule has 0 saturated carbocycles. The number of hydrogen-bond acceptors (Lipinski definition) is 2. The standard InChI is InChI=1S/C19H20O2/c20-18(16-11-10-13-5-1-2-8-15(13)16)17-9-3-6-14-7-4-12-21-19(14)17/h1-3,5-6,8-9,16,18,20H,4,7,10-12H2. The van der Waals surface area contributed by atoms with Crippen LogP contribution in [0.25, 0.3) is 0 Å². The fourth-order valence-electron chi connectivity index (χ4n) is 3.78. The van der Waals surface area contributed by atoms with Crippen molar-refractivity contribution in [2.45, 2.75) is 37.7 Å². The lowest BCUT2D eigenvalue weighted by Gasteiger charge is -2.26. The van der Waals surface area contributed by atoms with Crippen LogP contribution in [0.15, 0.2) is 42.5 Å². The lowest BCUT2D eigenvalue weighted by molar-refractivity contribution is 0.138. The molecule has 1 N–H and O–H groups in total. The van der Waals surface area contributed by atoms with Gasteiger partial charge in [-0.05, 0) is 42.4 Å². The number of aliphatic hydroxyl groups is 1. The van der Waals surface area contributed by atoms with Crippen LogP contribution in [0.1, 0.15) is 47.1 Å². The number of hydrogen-bond donors (Lipinski definition) is 1. The maximum absolute atomic E-state index is 10.9. The Bertz CT molecular complexity index is 662. The molecule has 0 spiro atoms. The summed E-state index contributed by atoms with van der Waals surface area (Å²) in [5, 5.41) is 10.9. The van der Waals surface area contributed by atoms with Gasteiger partial charge in [0.05, 0.1) is 12.7 Å². The van der Waals surface area contributed by atoms with Gasteiger partial charge in [0, 0.05) is 11.5 Å². The van der Waals surface area contributed by atoms with Gasteiger partial charge >= 0.3 is 0 Å². The van der Waals surface area contributed by atoms with Crippen LogP contribution in [0.2, 0.25) is 0 Å². The van der Waals surface area contributed by atoms with Crippen molar-refractivity contribution in [1.29, 1.82) is 0 Å². The highest BCUT2D eigenvalue weighted by Gasteiger charge is 2.31. The second-order valence-corrected chi connectivity index (χ2v) is 6.08. The van der Waals surface area contributed by atoms with Gasteiger partial charge in [-0.2, -0.15) is 0 Å². The minimum atomic E-state index is -0.471. The van der Waals surface area contributed by atoms with E-state index in [4.69, 9.17) is 4.74 Å². The van der Waals surface area contributed by atoms with Crippen molar-refractivity contribution in [3.05, 3.63) is 64.7 Å². The molecule has 2 aromatic carbocycles. The van der Waals surface area contributed by atoms with E-state index in [0.29, 0.717) is 0 Å². The Hall–Kier alpha value is -1.80. The summed E-state index contributed by atoms with van der Waals surface area (Å²) in [5.74, 6) is 1.12. The van der Waals surface area contributed by atoms with E-state index in [1.807, 2.05) is 12.1 Å². The molecule has 2 atom stereocenters. The van der Waals surface area contributed by atoms with Gasteiger partial charge in [-0.15, -0.1) is 0 Å². The minimum absolute atomic E-state index is 0.193. The molecule has 0 saturated heterocycles. The minimum Gasteiger partial charge on any atom is -0.493 e. The first kappa shape index (κ1) is 12.9. The Labute approximate surface area is 125 Å². The zero-order valence-corrected chi connectivity index (χ0v) is 12.1. The first-order chi connectivity index (χ1) is 10.3. The Balaban J connectivity index is 1.72. The molecule has 2 unspecified atom stereocenters. The molecule has 1 aliphatic carbocycles. The highest BCUT2D eigenvalue weighted by molar-refractivity contribution is 5.46. The number of fused-ring (bicyclic) bond motifs is 2. The SMILES string of the molecule is OC(c1cccc2c1OCCC2)C1CCc2ccccc21. The van der Waals surface area contributed by atoms with E-state index in [1.54, 1.807) is 0 Å². The number of aliphatic hydroxyl groups excluding tert-OH is 1. The van der Waals surface area contributed by atoms with Crippen LogP contribution < -0.4 is 4.74 Å². The molecule has 4 rings (SSSR count). The van der Waals surface area contributed by atoms with Crippen LogP contribution >= 0.6 is 0 Å². The molecular formula is C19H20O2. The van der Waals surface area contributed by atoms with Gasteiger partial charge in [0.15, 0.2) is 0 Å². The third-order valence-corrected chi connectivity index (χ3v) is 4.84. The molecule has 2 heteroatoms. The molecule has 108 valence electrons. The van der Waals surface area contributed by atoms with Crippen molar-refractivity contribution in [3.8, 4) is 5.75 Å². The third-order valence-electron chi connectivity index (χ3n) is 4.84. The molecule has 1 aliphatic heterocycles. The van der Waals surface area contributed by atoms with E-state index in [0.717, 1.165) is 43.6 Å². The highest BCUT2D eigenvalue weighted by Crippen LogP contribution is 2.45. The number of aryl methyl sites for hydroxylation is 2. The zero-order chi connectivity index (χ0) is 14.2. The summed E-state index contributed by atoms with van der Waals surface area (Å²) in [6, 6.07) is 14.7. The maximum Gasteiger partial charge on any atom is 0.128 e. The fourth-order valence-corrected chi connectivity index (χ4v) is 3.78. The largest absolute Gasteiger partial charge is 0.493 e. The Kier molecular flexibility index (Phi) is 3.19. The van der Waals surface area contributed by atoms with Crippen LogP contribution in [0.3, 0.4) is 0 Å². The molecule has 2 nitrogen and oxygen atoms in total. The van der Waals surface area contributed by atoms with E-state index < -0.39 is 6.10 Å². The average Bonchev–Trinajstić information content (AvgIpc) is 2.98. The summed E-state index contributed by atoms with van der Waals surface area (Å²) < 4.78 is 5.86. The average molecular weight is 280 g/mol. The van der Waals surface area contributed by atoms with Crippen molar-refractivity contribution < 1.29 is 9.84 Å². The van der Waals surface area contributed by atoms with Crippen molar-refractivity contribution in [3.63, 3.8) is 0 Å². The molecule has 1 heterocycles. The first-order valence-corrected chi connectivity index (χ1v) is 7.85. The topological polar surface area (TPSA) is 29.5 Å². The first-order valence-electron chi connectivity index (χ1n) is 7.85. The van der Waals surface area contributed by atoms with Crippen LogP contribution in [-0.2, 0) is 12.8 Å². The Morgan fingerprint density at radius 2 is 1.86 bits per heavy atom. The van der Waals surface area contributed by atoms with Gasteiger partial charge in [0.1, 0.15) is 5.75 Å². The number of ether oxygens (including phenoxy) is 1. The van der Waals surface area contributed by atoms with Gasteiger partial charge < -0.3 is 9.84 Å². The van der Waals surface area contributed by atoms with Crippen molar-refractivity contribution in [2.24, 2.45) is 0 Å². The number of para-hydroxylation sites is 1. The van der Waals surface area contributed by atoms with Crippen molar-refractivity contribution in [2.75, 3.05) is 6.61 Å². The van der Waals surface area contributed by atoms with Crippen molar-refractivity contribution in [1.82, 2.24) is 0 Å². The van der Waals surface area contributed by atoms with E-state index in [9.17, 15) is 5.11 Å². The summed E-state index contributed by atoms with van der Waals surface area (Å²) >= 11 is 0. The summed E-state index contributed by atoms with van der Waals surface area (Å²) in [6.45, 7) is 0.762. The molecule has 21 heavy (non-hydrogen) atoms. The fraction of sp³-hybridized carbons (Fsp3) is 0.368. The molecule has 0 bridgehead atoms. The normalized spacial score (nSPS) is 21.3. The molecule has 2 aromatic rings. The summed E-state index contributed by atoms with van der Waals surface area (Å²) in [4.78, 5) is 0. The highest BCUT2D eigenvalue weighted by atomic mass is 16.5. The molecule has 0 amide bonds. The lowest BCUT2D eigenvalue weighted by Crippen LogP contribution is -2.15. The van der Waals surface area contributed by atoms with E-state index in [-0.39, 0.29) is 5.92 Å². The number of rotatable bonds is 2. The van der Waals surface area contributed by atoms with Gasteiger partial charge in [-0.25, -0.2) is 0 Å². The predicted octanol–water partition coefficient (Wildman–Crippen LogP) is 3.78. The summed E-state index contributed by atoms with van der Waals surface area (Å²) in [7, 11) is 0. The second-order valence-electron chi connectivity index (χ2n) is 6.08. The van der Waals surface area contributed by atoms with Crippen LogP contribution in [0, 0.1) is 0 Å². The Morgan fingerprint density at radius 1 is 1.00 bits per heavy atom. The van der Waals surface area contributed by atoms with E-state index >= 15 is 0 Å². The lowest BCUT2D eigenvalue weighted by atomic mass is 9.88. The predicted molar refractivity (Wildman–Crippen MR) is 82.7 cm³/mol. The quantitative estimate of drug-likeness (QED) is 0.907. The van der Waals surface area contributed by atoms with Crippen LogP contribution in [0.4, 0.5) is 0 Å². The van der Waals surface area contributed by atoms with Gasteiger partial charge in [-0.3, -0.25) is 0 Å². The third kappa shape index (κ3) is 2.14. The molecule has 0 fully saturated rings. The molecule has 2 aliphatic rings. The molecule has 0 aromatic heterocycles. The van der Waals surface area contributed by atoms with Gasteiger partial charge in [-0.1, -0.05) is 42.5 Å². The molecule has 0 radical (unpaired) electrons. The van der Waals surface area contributed by atoms with Crippen LogP contribution in [0.5, 0.6) is 5.75 Å². The van der Waals surface area contributed by atoms with Gasteiger partial charge in [0.2, 0.25) is 0 Å². The maximum atomic E-state index is 10.9. The second kappa shape index (κ2) is 5.19. The summed E-state index contributed by atoms with van der Waals surface area (Å²) in [6.07, 6.45) is 3.73. The van der Waals surface area contributed by atoms with Crippen LogP contribution in [-0.4, -0.2) is 11.7 Å².